The molecule has 1 unspecified atom stereocenters. The molecule has 2 nitrogen and oxygen atoms in total. The molecule has 0 aliphatic heterocycles. The summed E-state index contributed by atoms with van der Waals surface area (Å²) < 4.78 is 2.11. The van der Waals surface area contributed by atoms with E-state index in [1.807, 2.05) is 6.07 Å². The lowest BCUT2D eigenvalue weighted by Crippen LogP contribution is -2.10. The van der Waals surface area contributed by atoms with E-state index in [1.165, 1.54) is 0 Å². The predicted octanol–water partition coefficient (Wildman–Crippen LogP) is 4.87. The summed E-state index contributed by atoms with van der Waals surface area (Å²) in [7, 11) is 0. The summed E-state index contributed by atoms with van der Waals surface area (Å²) in [5.41, 5.74) is 8.38. The Hall–Kier alpha value is -0.750. The van der Waals surface area contributed by atoms with Crippen molar-refractivity contribution >= 4 is 54.1 Å². The number of nitrogens with zero attached hydrogens (tertiary/aromatic N) is 1. The molecule has 0 amide bonds. The van der Waals surface area contributed by atoms with E-state index in [4.69, 9.17) is 5.73 Å². The van der Waals surface area contributed by atoms with Gasteiger partial charge in [-0.05, 0) is 55.6 Å². The molecule has 0 aliphatic rings. The standard InChI is InChI=1S/C14H10Br2N2S/c15-10-7-12(19-14(10)16)13(17)9-4-3-8-2-1-5-18-11(8)6-9/h1-7,13H,17H2. The zero-order valence-corrected chi connectivity index (χ0v) is 13.8. The number of nitrogens with two attached hydrogens (primary N) is 1. The Balaban J connectivity index is 2.03. The van der Waals surface area contributed by atoms with E-state index in [2.05, 4.69) is 67.2 Å². The van der Waals surface area contributed by atoms with Gasteiger partial charge in [-0.3, -0.25) is 4.98 Å². The van der Waals surface area contributed by atoms with Crippen LogP contribution in [-0.2, 0) is 0 Å². The fourth-order valence-electron chi connectivity index (χ4n) is 1.96. The van der Waals surface area contributed by atoms with Gasteiger partial charge in [0.25, 0.3) is 0 Å². The third kappa shape index (κ3) is 2.60. The third-order valence-electron chi connectivity index (χ3n) is 2.96. The highest BCUT2D eigenvalue weighted by Crippen LogP contribution is 2.37. The molecule has 2 aromatic heterocycles. The summed E-state index contributed by atoms with van der Waals surface area (Å²) in [6, 6.07) is 12.1. The second kappa shape index (κ2) is 5.32. The molecule has 1 aromatic carbocycles. The number of benzene rings is 1. The van der Waals surface area contributed by atoms with Crippen LogP contribution in [0.5, 0.6) is 0 Å². The molecular weight excluding hydrogens is 388 g/mol. The topological polar surface area (TPSA) is 38.9 Å². The Labute approximate surface area is 131 Å². The van der Waals surface area contributed by atoms with Crippen molar-refractivity contribution in [1.29, 1.82) is 0 Å². The number of thiophene rings is 1. The summed E-state index contributed by atoms with van der Waals surface area (Å²) >= 11 is 8.64. The molecule has 2 heterocycles. The molecule has 0 aliphatic carbocycles. The van der Waals surface area contributed by atoms with E-state index in [1.54, 1.807) is 17.5 Å². The van der Waals surface area contributed by atoms with Gasteiger partial charge in [0, 0.05) is 20.9 Å². The number of hydrogen-bond donors (Lipinski definition) is 1. The molecule has 3 rings (SSSR count). The largest absolute Gasteiger partial charge is 0.320 e. The van der Waals surface area contributed by atoms with E-state index >= 15 is 0 Å². The zero-order valence-electron chi connectivity index (χ0n) is 9.81. The Morgan fingerprint density at radius 2 is 2.00 bits per heavy atom. The lowest BCUT2D eigenvalue weighted by atomic mass is 10.0. The maximum Gasteiger partial charge on any atom is 0.0843 e. The van der Waals surface area contributed by atoms with Crippen LogP contribution in [0.2, 0.25) is 0 Å². The van der Waals surface area contributed by atoms with Crippen molar-refractivity contribution in [1.82, 2.24) is 4.98 Å². The van der Waals surface area contributed by atoms with Crippen LogP contribution in [0.3, 0.4) is 0 Å². The van der Waals surface area contributed by atoms with Crippen molar-refractivity contribution in [3.63, 3.8) is 0 Å². The molecule has 0 radical (unpaired) electrons. The molecule has 3 aromatic rings. The first-order chi connectivity index (χ1) is 9.15. The Bertz CT molecular complexity index is 720. The quantitative estimate of drug-likeness (QED) is 0.669. The number of fused-ring (bicyclic) bond motifs is 1. The molecule has 2 N–H and O–H groups in total. The summed E-state index contributed by atoms with van der Waals surface area (Å²) in [6.45, 7) is 0. The number of pyridine rings is 1. The fraction of sp³-hybridized carbons (Fsp3) is 0.0714. The molecular formula is C14H10Br2N2S. The second-order valence-corrected chi connectivity index (χ2v) is 7.46. The third-order valence-corrected chi connectivity index (χ3v) is 6.30. The fourth-order valence-corrected chi connectivity index (χ4v) is 4.08. The first-order valence-electron chi connectivity index (χ1n) is 5.70. The second-order valence-electron chi connectivity index (χ2n) is 4.20. The van der Waals surface area contributed by atoms with Crippen LogP contribution < -0.4 is 5.73 Å². The minimum absolute atomic E-state index is 0.126. The minimum Gasteiger partial charge on any atom is -0.320 e. The van der Waals surface area contributed by atoms with Crippen molar-refractivity contribution in [2.24, 2.45) is 5.73 Å². The average molecular weight is 398 g/mol. The van der Waals surface area contributed by atoms with Crippen molar-refractivity contribution in [3.05, 3.63) is 61.3 Å². The van der Waals surface area contributed by atoms with E-state index < -0.39 is 0 Å². The zero-order chi connectivity index (χ0) is 13.4. The van der Waals surface area contributed by atoms with Gasteiger partial charge in [-0.15, -0.1) is 11.3 Å². The van der Waals surface area contributed by atoms with Crippen molar-refractivity contribution in [3.8, 4) is 0 Å². The van der Waals surface area contributed by atoms with Crippen LogP contribution in [-0.4, -0.2) is 4.98 Å². The van der Waals surface area contributed by atoms with Gasteiger partial charge in [0.15, 0.2) is 0 Å². The van der Waals surface area contributed by atoms with Gasteiger partial charge in [-0.1, -0.05) is 18.2 Å². The normalized spacial score (nSPS) is 12.8. The molecule has 1 atom stereocenters. The van der Waals surface area contributed by atoms with Crippen LogP contribution in [0.4, 0.5) is 0 Å². The van der Waals surface area contributed by atoms with Crippen molar-refractivity contribution in [2.45, 2.75) is 6.04 Å². The lowest BCUT2D eigenvalue weighted by Gasteiger charge is -2.10. The number of aromatic nitrogens is 1. The molecule has 5 heteroatoms. The van der Waals surface area contributed by atoms with E-state index in [9.17, 15) is 0 Å². The van der Waals surface area contributed by atoms with Crippen LogP contribution >= 0.6 is 43.2 Å². The molecule has 0 fully saturated rings. The lowest BCUT2D eigenvalue weighted by molar-refractivity contribution is 0.894. The Morgan fingerprint density at radius 3 is 2.74 bits per heavy atom. The van der Waals surface area contributed by atoms with E-state index in [-0.39, 0.29) is 6.04 Å². The van der Waals surface area contributed by atoms with E-state index in [0.717, 1.165) is 29.6 Å². The van der Waals surface area contributed by atoms with Gasteiger partial charge >= 0.3 is 0 Å². The highest BCUT2D eigenvalue weighted by molar-refractivity contribution is 9.13. The van der Waals surface area contributed by atoms with Crippen LogP contribution in [0.1, 0.15) is 16.5 Å². The van der Waals surface area contributed by atoms with Gasteiger partial charge in [0.2, 0.25) is 0 Å². The summed E-state index contributed by atoms with van der Waals surface area (Å²) in [5.74, 6) is 0. The summed E-state index contributed by atoms with van der Waals surface area (Å²) in [4.78, 5) is 5.49. The first-order valence-corrected chi connectivity index (χ1v) is 8.10. The number of halogens is 2. The van der Waals surface area contributed by atoms with Gasteiger partial charge < -0.3 is 5.73 Å². The average Bonchev–Trinajstić information content (AvgIpc) is 2.77. The molecule has 0 spiro atoms. The van der Waals surface area contributed by atoms with Crippen LogP contribution in [0.25, 0.3) is 10.9 Å². The molecule has 0 saturated carbocycles. The molecule has 19 heavy (non-hydrogen) atoms. The van der Waals surface area contributed by atoms with Crippen molar-refractivity contribution in [2.75, 3.05) is 0 Å². The molecule has 0 bridgehead atoms. The maximum atomic E-state index is 6.33. The van der Waals surface area contributed by atoms with E-state index in [0.29, 0.717) is 0 Å². The highest BCUT2D eigenvalue weighted by Gasteiger charge is 2.14. The van der Waals surface area contributed by atoms with Crippen molar-refractivity contribution < 1.29 is 0 Å². The molecule has 0 saturated heterocycles. The minimum atomic E-state index is -0.126. The number of hydrogen-bond acceptors (Lipinski definition) is 3. The summed E-state index contributed by atoms with van der Waals surface area (Å²) in [6.07, 6.45) is 1.80. The maximum absolute atomic E-state index is 6.33. The van der Waals surface area contributed by atoms with Crippen LogP contribution in [0.15, 0.2) is 50.9 Å². The monoisotopic (exact) mass is 396 g/mol. The van der Waals surface area contributed by atoms with Crippen LogP contribution in [0, 0.1) is 0 Å². The Kier molecular flexibility index (Phi) is 3.71. The summed E-state index contributed by atoms with van der Waals surface area (Å²) in [5, 5.41) is 1.13. The van der Waals surface area contributed by atoms with Gasteiger partial charge in [0.05, 0.1) is 15.3 Å². The molecule has 96 valence electrons. The predicted molar refractivity (Wildman–Crippen MR) is 87.5 cm³/mol. The highest BCUT2D eigenvalue weighted by atomic mass is 79.9. The van der Waals surface area contributed by atoms with Gasteiger partial charge in [-0.25, -0.2) is 0 Å². The number of rotatable bonds is 2. The van der Waals surface area contributed by atoms with Gasteiger partial charge in [0.1, 0.15) is 0 Å². The Morgan fingerprint density at radius 1 is 1.16 bits per heavy atom. The van der Waals surface area contributed by atoms with Gasteiger partial charge in [-0.2, -0.15) is 0 Å². The first kappa shape index (κ1) is 13.2. The smallest absolute Gasteiger partial charge is 0.0843 e. The SMILES string of the molecule is NC(c1ccc2cccnc2c1)c1cc(Br)c(Br)s1.